The zero-order valence-electron chi connectivity index (χ0n) is 15.2. The van der Waals surface area contributed by atoms with Crippen molar-refractivity contribution in [2.45, 2.75) is 46.7 Å². The van der Waals surface area contributed by atoms with Crippen molar-refractivity contribution in [3.8, 4) is 0 Å². The topological polar surface area (TPSA) is 76.9 Å². The monoisotopic (exact) mass is 370 g/mol. The van der Waals surface area contributed by atoms with Crippen molar-refractivity contribution >= 4 is 27.5 Å². The predicted octanol–water partition coefficient (Wildman–Crippen LogP) is 2.60. The Morgan fingerprint density at radius 1 is 1.15 bits per heavy atom. The van der Waals surface area contributed by atoms with Crippen molar-refractivity contribution in [2.24, 2.45) is 0 Å². The van der Waals surface area contributed by atoms with Gasteiger partial charge in [0.05, 0.1) is 15.4 Å². The molecule has 26 heavy (non-hydrogen) atoms. The molecule has 7 heteroatoms. The van der Waals surface area contributed by atoms with Gasteiger partial charge < -0.3 is 5.32 Å². The van der Waals surface area contributed by atoms with Gasteiger partial charge in [0.2, 0.25) is 5.91 Å². The second-order valence-electron chi connectivity index (χ2n) is 6.13. The summed E-state index contributed by atoms with van der Waals surface area (Å²) in [7, 11) is 0. The van der Waals surface area contributed by atoms with Crippen LogP contribution >= 0.6 is 11.3 Å². The van der Waals surface area contributed by atoms with Crippen LogP contribution in [-0.2, 0) is 30.7 Å². The van der Waals surface area contributed by atoms with Crippen LogP contribution in [0.25, 0.3) is 10.2 Å². The molecule has 0 aliphatic rings. The molecule has 0 bridgehead atoms. The van der Waals surface area contributed by atoms with Gasteiger partial charge in [-0.3, -0.25) is 9.59 Å². The normalized spacial score (nSPS) is 11.0. The van der Waals surface area contributed by atoms with Gasteiger partial charge in [-0.1, -0.05) is 38.1 Å². The predicted molar refractivity (Wildman–Crippen MR) is 103 cm³/mol. The van der Waals surface area contributed by atoms with Gasteiger partial charge in [0, 0.05) is 6.54 Å². The molecule has 2 aromatic heterocycles. The van der Waals surface area contributed by atoms with Crippen LogP contribution in [0.3, 0.4) is 0 Å². The Hall–Kier alpha value is -2.54. The second kappa shape index (κ2) is 7.78. The quantitative estimate of drug-likeness (QED) is 0.724. The highest BCUT2D eigenvalue weighted by Gasteiger charge is 2.15. The van der Waals surface area contributed by atoms with Gasteiger partial charge in [-0.15, -0.1) is 11.3 Å². The highest BCUT2D eigenvalue weighted by Crippen LogP contribution is 2.21. The van der Waals surface area contributed by atoms with Gasteiger partial charge in [-0.25, -0.2) is 9.67 Å². The molecule has 0 aliphatic heterocycles. The van der Waals surface area contributed by atoms with Gasteiger partial charge in [-0.2, -0.15) is 5.10 Å². The minimum absolute atomic E-state index is 0.109. The van der Waals surface area contributed by atoms with Crippen LogP contribution in [0.15, 0.2) is 29.1 Å². The molecule has 0 radical (unpaired) electrons. The maximum Gasteiger partial charge on any atom is 0.294 e. The number of benzene rings is 1. The summed E-state index contributed by atoms with van der Waals surface area (Å²) >= 11 is 1.49. The summed E-state index contributed by atoms with van der Waals surface area (Å²) in [6.45, 7) is 6.26. The fourth-order valence-corrected chi connectivity index (χ4v) is 3.63. The SMILES string of the molecule is CCc1ccc(CNC(=O)Cn2nc(C)c3sc(CC)nc3c2=O)cc1. The Labute approximate surface area is 155 Å². The van der Waals surface area contributed by atoms with Gasteiger partial charge >= 0.3 is 0 Å². The maximum atomic E-state index is 12.6. The smallest absolute Gasteiger partial charge is 0.294 e. The minimum Gasteiger partial charge on any atom is -0.350 e. The van der Waals surface area contributed by atoms with E-state index in [2.05, 4.69) is 34.5 Å². The number of nitrogens with one attached hydrogen (secondary N) is 1. The molecular weight excluding hydrogens is 348 g/mol. The van der Waals surface area contributed by atoms with Crippen molar-refractivity contribution in [3.63, 3.8) is 0 Å². The van der Waals surface area contributed by atoms with Crippen LogP contribution in [0.2, 0.25) is 0 Å². The van der Waals surface area contributed by atoms with E-state index in [1.807, 2.05) is 26.0 Å². The number of aryl methyl sites for hydroxylation is 3. The molecule has 0 aliphatic carbocycles. The number of hydrogen-bond acceptors (Lipinski definition) is 5. The molecular formula is C19H22N4O2S. The van der Waals surface area contributed by atoms with E-state index >= 15 is 0 Å². The first kappa shape index (κ1) is 18.3. The first-order valence-electron chi connectivity index (χ1n) is 8.73. The summed E-state index contributed by atoms with van der Waals surface area (Å²) in [5, 5.41) is 8.02. The van der Waals surface area contributed by atoms with Crippen LogP contribution < -0.4 is 10.9 Å². The molecule has 6 nitrogen and oxygen atoms in total. The molecule has 1 aromatic carbocycles. The number of nitrogens with zero attached hydrogens (tertiary/aromatic N) is 3. The van der Waals surface area contributed by atoms with E-state index in [4.69, 9.17) is 0 Å². The third-order valence-electron chi connectivity index (χ3n) is 4.22. The fraction of sp³-hybridized carbons (Fsp3) is 0.368. The van der Waals surface area contributed by atoms with Crippen molar-refractivity contribution in [1.82, 2.24) is 20.1 Å². The molecule has 0 fully saturated rings. The molecule has 1 N–H and O–H groups in total. The Morgan fingerprint density at radius 3 is 2.50 bits per heavy atom. The van der Waals surface area contributed by atoms with Crippen molar-refractivity contribution in [1.29, 1.82) is 0 Å². The van der Waals surface area contributed by atoms with Crippen molar-refractivity contribution < 1.29 is 4.79 Å². The van der Waals surface area contributed by atoms with Crippen LogP contribution in [-0.4, -0.2) is 20.7 Å². The van der Waals surface area contributed by atoms with Crippen molar-refractivity contribution in [3.05, 3.63) is 56.4 Å². The highest BCUT2D eigenvalue weighted by molar-refractivity contribution is 7.18. The molecule has 2 heterocycles. The summed E-state index contributed by atoms with van der Waals surface area (Å²) in [4.78, 5) is 29.2. The van der Waals surface area contributed by atoms with Gasteiger partial charge in [0.25, 0.3) is 5.56 Å². The van der Waals surface area contributed by atoms with Crippen LogP contribution in [0.4, 0.5) is 0 Å². The van der Waals surface area contributed by atoms with Crippen molar-refractivity contribution in [2.75, 3.05) is 0 Å². The summed E-state index contributed by atoms with van der Waals surface area (Å²) in [6.07, 6.45) is 1.76. The molecule has 136 valence electrons. The summed E-state index contributed by atoms with van der Waals surface area (Å²) in [6, 6.07) is 8.11. The average Bonchev–Trinajstić information content (AvgIpc) is 3.10. The minimum atomic E-state index is -0.316. The van der Waals surface area contributed by atoms with Gasteiger partial charge in [0.15, 0.2) is 5.52 Å². The molecule has 0 atom stereocenters. The van der Waals surface area contributed by atoms with Crippen LogP contribution in [0.5, 0.6) is 0 Å². The average molecular weight is 370 g/mol. The van der Waals surface area contributed by atoms with E-state index in [0.717, 1.165) is 33.8 Å². The third-order valence-corrected chi connectivity index (χ3v) is 5.53. The number of carbonyl (C=O) groups is 1. The van der Waals surface area contributed by atoms with Gasteiger partial charge in [-0.05, 0) is 30.9 Å². The Balaban J connectivity index is 1.72. The third kappa shape index (κ3) is 3.83. The molecule has 3 aromatic rings. The lowest BCUT2D eigenvalue weighted by molar-refractivity contribution is -0.122. The zero-order valence-corrected chi connectivity index (χ0v) is 16.0. The molecule has 1 amide bonds. The lowest BCUT2D eigenvalue weighted by Crippen LogP contribution is -2.33. The number of rotatable bonds is 6. The second-order valence-corrected chi connectivity index (χ2v) is 7.22. The van der Waals surface area contributed by atoms with E-state index in [-0.39, 0.29) is 18.0 Å². The Kier molecular flexibility index (Phi) is 5.46. The van der Waals surface area contributed by atoms with Gasteiger partial charge in [0.1, 0.15) is 6.54 Å². The highest BCUT2D eigenvalue weighted by atomic mass is 32.1. The fourth-order valence-electron chi connectivity index (χ4n) is 2.69. The summed E-state index contributed by atoms with van der Waals surface area (Å²) < 4.78 is 2.01. The maximum absolute atomic E-state index is 12.6. The number of carbonyl (C=O) groups excluding carboxylic acids is 1. The zero-order chi connectivity index (χ0) is 18.7. The lowest BCUT2D eigenvalue weighted by atomic mass is 10.1. The molecule has 0 unspecified atom stereocenters. The molecule has 0 spiro atoms. The number of amides is 1. The molecule has 3 rings (SSSR count). The van der Waals surface area contributed by atoms with Crippen LogP contribution in [0, 0.1) is 6.92 Å². The van der Waals surface area contributed by atoms with E-state index < -0.39 is 0 Å². The van der Waals surface area contributed by atoms with E-state index in [9.17, 15) is 9.59 Å². The summed E-state index contributed by atoms with van der Waals surface area (Å²) in [5.41, 5.74) is 3.09. The number of aromatic nitrogens is 3. The number of thiazole rings is 1. The largest absolute Gasteiger partial charge is 0.350 e. The first-order chi connectivity index (χ1) is 12.5. The number of fused-ring (bicyclic) bond motifs is 1. The Bertz CT molecular complexity index is 989. The standard InChI is InChI=1S/C19H22N4O2S/c1-4-13-6-8-14(9-7-13)10-20-15(24)11-23-19(25)17-18(12(3)22-23)26-16(5-2)21-17/h6-9H,4-5,10-11H2,1-3H3,(H,20,24). The van der Waals surface area contributed by atoms with E-state index in [1.165, 1.54) is 21.6 Å². The Morgan fingerprint density at radius 2 is 1.85 bits per heavy atom. The summed E-state index contributed by atoms with van der Waals surface area (Å²) in [5.74, 6) is -0.246. The molecule has 0 saturated carbocycles. The first-order valence-corrected chi connectivity index (χ1v) is 9.55. The van der Waals surface area contributed by atoms with Crippen LogP contribution in [0.1, 0.15) is 35.7 Å². The lowest BCUT2D eigenvalue weighted by Gasteiger charge is -2.08. The molecule has 0 saturated heterocycles. The van der Waals surface area contributed by atoms with E-state index in [0.29, 0.717) is 12.1 Å². The number of hydrogen-bond donors (Lipinski definition) is 1. The van der Waals surface area contributed by atoms with E-state index in [1.54, 1.807) is 0 Å².